The monoisotopic (exact) mass is 672 g/mol. The van der Waals surface area contributed by atoms with E-state index in [2.05, 4.69) is 184 Å². The number of nitrogens with zero attached hydrogens (tertiary/aromatic N) is 4. The van der Waals surface area contributed by atoms with Gasteiger partial charge in [-0.25, -0.2) is 4.98 Å². The molecule has 0 spiro atoms. The van der Waals surface area contributed by atoms with Gasteiger partial charge in [-0.2, -0.15) is 0 Å². The van der Waals surface area contributed by atoms with E-state index in [9.17, 15) is 0 Å². The summed E-state index contributed by atoms with van der Waals surface area (Å²) in [5, 5.41) is 14.9. The van der Waals surface area contributed by atoms with Gasteiger partial charge in [0, 0.05) is 59.9 Å². The molecule has 0 saturated carbocycles. The molecule has 0 aliphatic heterocycles. The number of hydrogen-bond acceptors (Lipinski definition) is 2. The van der Waals surface area contributed by atoms with E-state index in [1.807, 2.05) is 0 Å². The lowest BCUT2D eigenvalue weighted by atomic mass is 9.97. The predicted octanol–water partition coefficient (Wildman–Crippen LogP) is 13.2. The smallest absolute Gasteiger partial charge is 0.146 e. The van der Waals surface area contributed by atoms with Crippen molar-refractivity contribution in [2.24, 2.45) is 0 Å². The van der Waals surface area contributed by atoms with Crippen LogP contribution >= 0.6 is 0 Å². The molecule has 0 atom stereocenters. The number of pyridine rings is 1. The number of fused-ring (bicyclic) bond motifs is 16. The fourth-order valence-electron chi connectivity index (χ4n) is 9.71. The van der Waals surface area contributed by atoms with Crippen molar-refractivity contribution in [2.45, 2.75) is 0 Å². The van der Waals surface area contributed by atoms with Crippen molar-refractivity contribution >= 4 is 115 Å². The van der Waals surface area contributed by atoms with Crippen LogP contribution < -0.4 is 4.90 Å². The highest BCUT2D eigenvalue weighted by molar-refractivity contribution is 6.39. The first kappa shape index (κ1) is 27.5. The lowest BCUT2D eigenvalue weighted by Gasteiger charge is -2.28. The Hall–Kier alpha value is -7.17. The Kier molecular flexibility index (Phi) is 5.08. The first-order chi connectivity index (χ1) is 26.3. The van der Waals surface area contributed by atoms with Crippen LogP contribution in [0.1, 0.15) is 0 Å². The zero-order valence-corrected chi connectivity index (χ0v) is 28.5. The molecule has 0 aliphatic carbocycles. The molecule has 8 aromatic carbocycles. The molecule has 0 bridgehead atoms. The molecule has 5 heterocycles. The van der Waals surface area contributed by atoms with E-state index in [1.54, 1.807) is 0 Å². The van der Waals surface area contributed by atoms with Gasteiger partial charge in [0.05, 0.1) is 39.5 Å². The number of aromatic nitrogens is 3. The van der Waals surface area contributed by atoms with Crippen LogP contribution in [-0.4, -0.2) is 13.8 Å². The van der Waals surface area contributed by atoms with Crippen LogP contribution in [0.5, 0.6) is 0 Å². The largest absolute Gasteiger partial charge is 0.308 e. The predicted molar refractivity (Wildman–Crippen MR) is 223 cm³/mol. The zero-order chi connectivity index (χ0) is 34.4. The first-order valence-corrected chi connectivity index (χ1v) is 18.2. The standard InChI is InChI=1S/C49H28N4/c1-3-16-31(17-4-1)51(32-18-5-2-6-19-32)47-34-21-10-8-15-30(34)27-38-42-33-20-9-7-14-29(33)26-39-44-43-37-24-13-23-36-35-22-11-12-25-40(35)52(45(36)37)41(43)28-50-49(44)53(46(39)42)48(38)47/h1-28H. The van der Waals surface area contributed by atoms with Gasteiger partial charge >= 0.3 is 0 Å². The molecule has 0 saturated heterocycles. The van der Waals surface area contributed by atoms with Crippen molar-refractivity contribution < 1.29 is 0 Å². The summed E-state index contributed by atoms with van der Waals surface area (Å²) in [6.07, 6.45) is 2.12. The van der Waals surface area contributed by atoms with Gasteiger partial charge in [-0.1, -0.05) is 121 Å². The average molecular weight is 673 g/mol. The van der Waals surface area contributed by atoms with Crippen molar-refractivity contribution in [3.63, 3.8) is 0 Å². The maximum Gasteiger partial charge on any atom is 0.146 e. The van der Waals surface area contributed by atoms with E-state index in [0.717, 1.165) is 33.7 Å². The Balaban J connectivity index is 1.33. The summed E-state index contributed by atoms with van der Waals surface area (Å²) in [5.41, 5.74) is 10.4. The first-order valence-electron chi connectivity index (χ1n) is 18.2. The topological polar surface area (TPSA) is 24.9 Å². The normalized spacial score (nSPS) is 12.5. The number of anilines is 3. The molecule has 0 N–H and O–H groups in total. The average Bonchev–Trinajstić information content (AvgIpc) is 3.94. The van der Waals surface area contributed by atoms with Crippen molar-refractivity contribution in [3.05, 3.63) is 170 Å². The van der Waals surface area contributed by atoms with Crippen LogP contribution in [0.4, 0.5) is 17.1 Å². The molecule has 244 valence electrons. The summed E-state index contributed by atoms with van der Waals surface area (Å²) >= 11 is 0. The van der Waals surface area contributed by atoms with Gasteiger partial charge in [0.1, 0.15) is 5.65 Å². The second-order valence-electron chi connectivity index (χ2n) is 14.3. The molecule has 0 amide bonds. The molecule has 0 radical (unpaired) electrons. The third-order valence-corrected chi connectivity index (χ3v) is 11.7. The Labute approximate surface area is 302 Å². The number of hydrogen-bond donors (Lipinski definition) is 0. The van der Waals surface area contributed by atoms with E-state index in [0.29, 0.717) is 0 Å². The van der Waals surface area contributed by atoms with Crippen molar-refractivity contribution in [3.8, 4) is 0 Å². The number of rotatable bonds is 3. The minimum absolute atomic E-state index is 0.985. The van der Waals surface area contributed by atoms with E-state index in [-0.39, 0.29) is 0 Å². The molecule has 4 heteroatoms. The van der Waals surface area contributed by atoms with Gasteiger partial charge in [-0.3, -0.25) is 4.40 Å². The van der Waals surface area contributed by atoms with Gasteiger partial charge in [0.15, 0.2) is 0 Å². The molecule has 0 aliphatic rings. The third kappa shape index (κ3) is 3.34. The van der Waals surface area contributed by atoms with Gasteiger partial charge < -0.3 is 9.30 Å². The number of para-hydroxylation sites is 4. The Morgan fingerprint density at radius 3 is 1.72 bits per heavy atom. The Morgan fingerprint density at radius 1 is 0.377 bits per heavy atom. The summed E-state index contributed by atoms with van der Waals surface area (Å²) in [7, 11) is 0. The highest BCUT2D eigenvalue weighted by Crippen LogP contribution is 2.52. The Morgan fingerprint density at radius 2 is 0.962 bits per heavy atom. The van der Waals surface area contributed by atoms with Crippen LogP contribution in [-0.2, 0) is 0 Å². The van der Waals surface area contributed by atoms with Gasteiger partial charge in [0.2, 0.25) is 0 Å². The second kappa shape index (κ2) is 9.78. The summed E-state index contributed by atoms with van der Waals surface area (Å²) < 4.78 is 4.94. The summed E-state index contributed by atoms with van der Waals surface area (Å²) in [6, 6.07) is 59.7. The molecule has 0 unspecified atom stereocenters. The van der Waals surface area contributed by atoms with E-state index >= 15 is 0 Å². The minimum Gasteiger partial charge on any atom is -0.308 e. The lowest BCUT2D eigenvalue weighted by Crippen LogP contribution is -2.11. The minimum atomic E-state index is 0.985. The highest BCUT2D eigenvalue weighted by Gasteiger charge is 2.29. The second-order valence-corrected chi connectivity index (χ2v) is 14.3. The Bertz CT molecular complexity index is 3580. The molecular weight excluding hydrogens is 645 g/mol. The van der Waals surface area contributed by atoms with Crippen LogP contribution in [0.3, 0.4) is 0 Å². The highest BCUT2D eigenvalue weighted by atomic mass is 15.2. The van der Waals surface area contributed by atoms with Crippen molar-refractivity contribution in [1.29, 1.82) is 0 Å². The van der Waals surface area contributed by atoms with Crippen molar-refractivity contribution in [1.82, 2.24) is 13.8 Å². The number of benzene rings is 8. The molecule has 13 rings (SSSR count). The zero-order valence-electron chi connectivity index (χ0n) is 28.5. The third-order valence-electron chi connectivity index (χ3n) is 11.7. The molecule has 0 fully saturated rings. The quantitative estimate of drug-likeness (QED) is 0.187. The van der Waals surface area contributed by atoms with Gasteiger partial charge in [0.25, 0.3) is 0 Å². The van der Waals surface area contributed by atoms with Gasteiger partial charge in [-0.15, -0.1) is 0 Å². The van der Waals surface area contributed by atoms with Gasteiger partial charge in [-0.05, 0) is 58.6 Å². The molecular formula is C49H28N4. The van der Waals surface area contributed by atoms with E-state index in [1.165, 1.54) is 81.2 Å². The van der Waals surface area contributed by atoms with E-state index < -0.39 is 0 Å². The van der Waals surface area contributed by atoms with Crippen LogP contribution in [0.25, 0.3) is 97.9 Å². The maximum absolute atomic E-state index is 5.49. The fourth-order valence-corrected chi connectivity index (χ4v) is 9.71. The summed E-state index contributed by atoms with van der Waals surface area (Å²) in [5.74, 6) is 0. The SMILES string of the molecule is c1ccc(N(c2ccccc2)c2c3ccccc3cc3c4c5ccccc5cc5c6c7c8cccc9c%10ccccc%10n(c7cnc6n(c23)c54)c98)cc1. The van der Waals surface area contributed by atoms with Crippen LogP contribution in [0.2, 0.25) is 0 Å². The summed E-state index contributed by atoms with van der Waals surface area (Å²) in [4.78, 5) is 7.93. The molecule has 13 aromatic rings. The molecule has 5 aromatic heterocycles. The van der Waals surface area contributed by atoms with E-state index in [4.69, 9.17) is 4.98 Å². The van der Waals surface area contributed by atoms with Crippen LogP contribution in [0, 0.1) is 0 Å². The van der Waals surface area contributed by atoms with Crippen LogP contribution in [0.15, 0.2) is 170 Å². The molecule has 53 heavy (non-hydrogen) atoms. The summed E-state index contributed by atoms with van der Waals surface area (Å²) in [6.45, 7) is 0. The fraction of sp³-hybridized carbons (Fsp3) is 0. The maximum atomic E-state index is 5.49. The van der Waals surface area contributed by atoms with Crippen molar-refractivity contribution in [2.75, 3.05) is 4.90 Å². The lowest BCUT2D eigenvalue weighted by molar-refractivity contribution is 1.24. The molecule has 4 nitrogen and oxygen atoms in total.